The summed E-state index contributed by atoms with van der Waals surface area (Å²) in [6.07, 6.45) is 6.95. The Kier molecular flexibility index (Phi) is 12.6. The van der Waals surface area contributed by atoms with Crippen molar-refractivity contribution < 1.29 is 38.8 Å². The van der Waals surface area contributed by atoms with Crippen LogP contribution >= 0.6 is 11.3 Å². The van der Waals surface area contributed by atoms with E-state index < -0.39 is 5.92 Å². The Morgan fingerprint density at radius 3 is 2.27 bits per heavy atom. The minimum atomic E-state index is -2.60. The van der Waals surface area contributed by atoms with Gasteiger partial charge in [0.05, 0.1) is 5.76 Å². The summed E-state index contributed by atoms with van der Waals surface area (Å²) in [4.78, 5) is 16.5. The number of aromatic nitrogens is 1. The largest absolute Gasteiger partial charge is 0.512 e. The van der Waals surface area contributed by atoms with Crippen LogP contribution in [0.5, 0.6) is 0 Å². The first-order valence-electron chi connectivity index (χ1n) is 17.4. The SMILES string of the molecule is CC(C)(C)c1cc(-c2nccc3c2sc2c4c(ccc23)CC(F)(F)CC4)[c-]c2ccccc12.CCC(CC)C(=O)/C=C(\O)C(CC)CC.[Ir]. The number of halogens is 2. The molecule has 3 nitrogen and oxygen atoms in total. The van der Waals surface area contributed by atoms with Crippen LogP contribution in [0.4, 0.5) is 8.78 Å². The number of aliphatic hydroxyl groups excluding tert-OH is 1. The van der Waals surface area contributed by atoms with E-state index in [1.54, 1.807) is 11.3 Å². The molecule has 0 bridgehead atoms. The molecule has 6 rings (SSSR count). The average Bonchev–Trinajstić information content (AvgIpc) is 3.44. The maximum Gasteiger partial charge on any atom is 0.252 e. The van der Waals surface area contributed by atoms with Gasteiger partial charge in [-0.25, -0.2) is 8.78 Å². The molecular weight excluding hydrogens is 813 g/mol. The van der Waals surface area contributed by atoms with Gasteiger partial charge in [-0.3, -0.25) is 9.78 Å². The molecule has 1 N–H and O–H groups in total. The number of benzene rings is 3. The Morgan fingerprint density at radius 2 is 1.61 bits per heavy atom. The molecule has 0 saturated carbocycles. The number of ketones is 1. The topological polar surface area (TPSA) is 50.2 Å². The van der Waals surface area contributed by atoms with E-state index in [0.29, 0.717) is 6.42 Å². The van der Waals surface area contributed by atoms with Crippen molar-refractivity contribution in [2.24, 2.45) is 11.8 Å². The quantitative estimate of drug-likeness (QED) is 0.0961. The Morgan fingerprint density at radius 1 is 0.959 bits per heavy atom. The van der Waals surface area contributed by atoms with Gasteiger partial charge in [0.1, 0.15) is 0 Å². The van der Waals surface area contributed by atoms with E-state index in [4.69, 9.17) is 4.98 Å². The standard InChI is InChI=1S/C29H24F2NS.C13H24O2.Ir/c1-28(2,3)24-15-19(14-17-6-4-5-7-20(17)24)25-27-23(11-13-32-25)22-9-8-18-16-29(30,31)12-10-21(18)26(22)33-27;1-5-10(6-2)12(14)9-13(15)11(7-3)8-4;/h4-9,11,13,15H,10,12,16H2,1-3H3;9-11,14H,5-8H2,1-4H3;/q-1;;/b;12-9-;. The fourth-order valence-electron chi connectivity index (χ4n) is 6.93. The van der Waals surface area contributed by atoms with Crippen molar-refractivity contribution in [3.63, 3.8) is 0 Å². The van der Waals surface area contributed by atoms with E-state index in [1.807, 2.05) is 58.2 Å². The van der Waals surface area contributed by atoms with Crippen LogP contribution in [-0.2, 0) is 43.2 Å². The first-order chi connectivity index (χ1) is 22.8. The molecule has 1 aliphatic carbocycles. The van der Waals surface area contributed by atoms with Crippen LogP contribution in [0.15, 0.2) is 66.6 Å². The van der Waals surface area contributed by atoms with Crippen molar-refractivity contribution in [2.45, 2.75) is 105 Å². The van der Waals surface area contributed by atoms with Crippen LogP contribution in [-0.4, -0.2) is 21.8 Å². The summed E-state index contributed by atoms with van der Waals surface area (Å²) in [5.74, 6) is -2.06. The third-order valence-corrected chi connectivity index (χ3v) is 11.2. The normalized spacial score (nSPS) is 14.6. The number of aliphatic hydroxyl groups is 1. The average molecular weight is 861 g/mol. The van der Waals surface area contributed by atoms with E-state index in [2.05, 4.69) is 51.1 Å². The summed E-state index contributed by atoms with van der Waals surface area (Å²) >= 11 is 1.69. The molecule has 1 radical (unpaired) electrons. The van der Waals surface area contributed by atoms with Crippen LogP contribution in [0, 0.1) is 17.9 Å². The predicted molar refractivity (Wildman–Crippen MR) is 198 cm³/mol. The van der Waals surface area contributed by atoms with Crippen molar-refractivity contribution in [1.29, 1.82) is 0 Å². The molecular formula is C42H48F2IrNO2S-. The number of aryl methyl sites for hydroxylation is 1. The number of carbonyl (C=O) groups excluding carboxylic acids is 1. The zero-order valence-corrected chi connectivity index (χ0v) is 32.9. The van der Waals surface area contributed by atoms with Gasteiger partial charge < -0.3 is 5.11 Å². The summed E-state index contributed by atoms with van der Waals surface area (Å²) in [6.45, 7) is 14.8. The monoisotopic (exact) mass is 861 g/mol. The van der Waals surface area contributed by atoms with Crippen LogP contribution in [0.3, 0.4) is 0 Å². The maximum atomic E-state index is 14.0. The number of hydrogen-bond donors (Lipinski definition) is 1. The fraction of sp³-hybridized carbons (Fsp3) is 0.429. The molecule has 49 heavy (non-hydrogen) atoms. The van der Waals surface area contributed by atoms with E-state index in [0.717, 1.165) is 73.6 Å². The van der Waals surface area contributed by atoms with Crippen LogP contribution in [0.25, 0.3) is 42.2 Å². The van der Waals surface area contributed by atoms with E-state index in [-0.39, 0.29) is 61.7 Å². The molecule has 263 valence electrons. The van der Waals surface area contributed by atoms with E-state index >= 15 is 0 Å². The number of fused-ring (bicyclic) bond motifs is 6. The molecule has 0 amide bonds. The second-order valence-corrected chi connectivity index (χ2v) is 15.2. The Labute approximate surface area is 307 Å². The fourth-order valence-corrected chi connectivity index (χ4v) is 8.32. The molecule has 0 fully saturated rings. The summed E-state index contributed by atoms with van der Waals surface area (Å²) in [5.41, 5.74) is 5.01. The summed E-state index contributed by atoms with van der Waals surface area (Å²) < 4.78 is 30.3. The number of pyridine rings is 1. The zero-order chi connectivity index (χ0) is 34.8. The number of rotatable bonds is 8. The minimum absolute atomic E-state index is 0. The van der Waals surface area contributed by atoms with Crippen LogP contribution in [0.2, 0.25) is 0 Å². The van der Waals surface area contributed by atoms with Gasteiger partial charge in [-0.1, -0.05) is 89.7 Å². The molecule has 3 aromatic carbocycles. The summed E-state index contributed by atoms with van der Waals surface area (Å²) in [5, 5.41) is 14.3. The molecule has 0 saturated heterocycles. The second-order valence-electron chi connectivity index (χ2n) is 14.1. The van der Waals surface area contributed by atoms with Gasteiger partial charge in [0.2, 0.25) is 0 Å². The molecule has 5 aromatic rings. The molecule has 0 atom stereocenters. The molecule has 2 aromatic heterocycles. The Hall–Kier alpha value is -2.99. The molecule has 1 aliphatic rings. The smallest absolute Gasteiger partial charge is 0.252 e. The summed E-state index contributed by atoms with van der Waals surface area (Å²) in [6, 6.07) is 20.2. The third kappa shape index (κ3) is 8.32. The molecule has 0 unspecified atom stereocenters. The molecule has 7 heteroatoms. The third-order valence-electron chi connectivity index (χ3n) is 9.87. The van der Waals surface area contributed by atoms with E-state index in [1.165, 1.54) is 17.0 Å². The van der Waals surface area contributed by atoms with Crippen molar-refractivity contribution in [1.82, 2.24) is 4.98 Å². The number of alkyl halides is 2. The minimum Gasteiger partial charge on any atom is -0.512 e. The van der Waals surface area contributed by atoms with Gasteiger partial charge in [0.15, 0.2) is 5.78 Å². The van der Waals surface area contributed by atoms with Crippen LogP contribution < -0.4 is 0 Å². The molecule has 0 aliphatic heterocycles. The number of nitrogens with zero attached hydrogens (tertiary/aromatic N) is 1. The molecule has 0 spiro atoms. The number of allylic oxidation sites excluding steroid dienone is 2. The summed E-state index contributed by atoms with van der Waals surface area (Å²) in [7, 11) is 0. The van der Waals surface area contributed by atoms with Crippen molar-refractivity contribution in [2.75, 3.05) is 0 Å². The van der Waals surface area contributed by atoms with Gasteiger partial charge in [-0.2, -0.15) is 0 Å². The second kappa shape index (κ2) is 15.9. The van der Waals surface area contributed by atoms with Gasteiger partial charge in [0, 0.05) is 77.5 Å². The van der Waals surface area contributed by atoms with Gasteiger partial charge in [-0.05, 0) is 60.1 Å². The maximum absolute atomic E-state index is 14.0. The Bertz CT molecular complexity index is 1970. The first kappa shape index (κ1) is 38.8. The first-order valence-corrected chi connectivity index (χ1v) is 18.2. The predicted octanol–water partition coefficient (Wildman–Crippen LogP) is 12.4. The van der Waals surface area contributed by atoms with Gasteiger partial charge in [-0.15, -0.1) is 40.5 Å². The van der Waals surface area contributed by atoms with E-state index in [9.17, 15) is 18.7 Å². The number of carbonyl (C=O) groups is 1. The number of hydrogen-bond acceptors (Lipinski definition) is 4. The zero-order valence-electron chi connectivity index (χ0n) is 29.7. The Balaban J connectivity index is 0.000000290. The number of thiophene rings is 1. The van der Waals surface area contributed by atoms with Gasteiger partial charge in [0.25, 0.3) is 5.92 Å². The van der Waals surface area contributed by atoms with Gasteiger partial charge >= 0.3 is 0 Å². The van der Waals surface area contributed by atoms with Crippen LogP contribution in [0.1, 0.15) is 97.3 Å². The van der Waals surface area contributed by atoms with Crippen molar-refractivity contribution >= 4 is 48.1 Å². The molecule has 2 heterocycles. The van der Waals surface area contributed by atoms with Crippen molar-refractivity contribution in [3.8, 4) is 11.3 Å². The van der Waals surface area contributed by atoms with Crippen molar-refractivity contribution in [3.05, 3.63) is 89.3 Å².